The molecule has 1 saturated heterocycles. The summed E-state index contributed by atoms with van der Waals surface area (Å²) in [5.41, 5.74) is 1.88. The molecule has 3 unspecified atom stereocenters. The summed E-state index contributed by atoms with van der Waals surface area (Å²) in [5.74, 6) is -0.136. The lowest BCUT2D eigenvalue weighted by atomic mass is 9.99. The second kappa shape index (κ2) is 10.5. The van der Waals surface area contributed by atoms with Crippen molar-refractivity contribution in [3.63, 3.8) is 0 Å². The topological polar surface area (TPSA) is 83.6 Å². The van der Waals surface area contributed by atoms with Crippen molar-refractivity contribution < 1.29 is 14.3 Å². The van der Waals surface area contributed by atoms with Gasteiger partial charge in [-0.05, 0) is 50.1 Å². The number of nitrogens with one attached hydrogen (secondary N) is 2. The average molecular weight is 425 g/mol. The minimum Gasteiger partial charge on any atom is -0.373 e. The van der Waals surface area contributed by atoms with Crippen molar-refractivity contribution in [1.82, 2.24) is 15.2 Å². The van der Waals surface area contributed by atoms with Crippen molar-refractivity contribution in [3.05, 3.63) is 59.9 Å². The van der Waals surface area contributed by atoms with Crippen LogP contribution in [0.3, 0.4) is 0 Å². The van der Waals surface area contributed by atoms with Gasteiger partial charge in [-0.2, -0.15) is 0 Å². The number of hydrogen-bond donors (Lipinski definition) is 2. The molecule has 1 fully saturated rings. The highest BCUT2D eigenvalue weighted by atomic mass is 16.5. The molecule has 1 aliphatic rings. The van der Waals surface area contributed by atoms with Gasteiger partial charge in [-0.3, -0.25) is 19.5 Å². The summed E-state index contributed by atoms with van der Waals surface area (Å²) >= 11 is 0. The zero-order valence-electron chi connectivity index (χ0n) is 18.7. The lowest BCUT2D eigenvalue weighted by molar-refractivity contribution is -0.130. The van der Waals surface area contributed by atoms with Gasteiger partial charge >= 0.3 is 0 Å². The molecule has 0 saturated carbocycles. The first-order chi connectivity index (χ1) is 14.8. The first-order valence-electron chi connectivity index (χ1n) is 10.8. The molecule has 2 heterocycles. The van der Waals surface area contributed by atoms with Gasteiger partial charge in [-0.1, -0.05) is 26.0 Å². The van der Waals surface area contributed by atoms with E-state index in [1.807, 2.05) is 32.0 Å². The van der Waals surface area contributed by atoms with Gasteiger partial charge in [0.15, 0.2) is 0 Å². The molecule has 1 aliphatic heterocycles. The number of nitrogens with zero attached hydrogens (tertiary/aromatic N) is 2. The normalized spacial score (nSPS) is 20.3. The van der Waals surface area contributed by atoms with Crippen molar-refractivity contribution in [3.8, 4) is 0 Å². The molecule has 31 heavy (non-hydrogen) atoms. The van der Waals surface area contributed by atoms with Crippen molar-refractivity contribution in [2.24, 2.45) is 5.92 Å². The second-order valence-corrected chi connectivity index (χ2v) is 8.47. The Morgan fingerprint density at radius 2 is 1.87 bits per heavy atom. The number of carbonyl (C=O) groups excluding carboxylic acids is 2. The number of carbonyl (C=O) groups is 2. The zero-order chi connectivity index (χ0) is 22.4. The highest BCUT2D eigenvalue weighted by Gasteiger charge is 2.34. The van der Waals surface area contributed by atoms with Gasteiger partial charge in [0.05, 0.1) is 30.5 Å². The van der Waals surface area contributed by atoms with E-state index in [0.29, 0.717) is 17.8 Å². The number of morpholine rings is 1. The maximum atomic E-state index is 13.2. The summed E-state index contributed by atoms with van der Waals surface area (Å²) in [7, 11) is 0. The third-order valence-corrected chi connectivity index (χ3v) is 5.29. The van der Waals surface area contributed by atoms with Crippen LogP contribution in [0.4, 0.5) is 5.69 Å². The summed E-state index contributed by atoms with van der Waals surface area (Å²) in [6, 6.07) is 12.3. The summed E-state index contributed by atoms with van der Waals surface area (Å²) in [4.78, 5) is 32.1. The number of ether oxygens (including phenoxy) is 1. The van der Waals surface area contributed by atoms with Crippen molar-refractivity contribution in [1.29, 1.82) is 0 Å². The van der Waals surface area contributed by atoms with Gasteiger partial charge in [0.2, 0.25) is 5.91 Å². The van der Waals surface area contributed by atoms with Crippen LogP contribution in [-0.4, -0.2) is 53.0 Å². The van der Waals surface area contributed by atoms with E-state index in [9.17, 15) is 9.59 Å². The van der Waals surface area contributed by atoms with E-state index < -0.39 is 0 Å². The fourth-order valence-electron chi connectivity index (χ4n) is 4.06. The van der Waals surface area contributed by atoms with Gasteiger partial charge in [-0.25, -0.2) is 0 Å². The molecule has 0 spiro atoms. The van der Waals surface area contributed by atoms with Gasteiger partial charge in [0.1, 0.15) is 0 Å². The molecule has 2 aromatic rings. The maximum absolute atomic E-state index is 13.2. The molecule has 3 atom stereocenters. The highest BCUT2D eigenvalue weighted by Crippen LogP contribution is 2.20. The first-order valence-corrected chi connectivity index (χ1v) is 10.8. The molecule has 1 aromatic heterocycles. The van der Waals surface area contributed by atoms with Crippen LogP contribution in [0.5, 0.6) is 0 Å². The van der Waals surface area contributed by atoms with E-state index in [4.69, 9.17) is 4.74 Å². The van der Waals surface area contributed by atoms with E-state index in [2.05, 4.69) is 34.4 Å². The van der Waals surface area contributed by atoms with E-state index in [1.54, 1.807) is 30.5 Å². The maximum Gasteiger partial charge on any atom is 0.251 e. The molecule has 1 aromatic carbocycles. The van der Waals surface area contributed by atoms with Gasteiger partial charge in [0, 0.05) is 30.5 Å². The fourth-order valence-corrected chi connectivity index (χ4v) is 4.06. The molecular weight excluding hydrogens is 392 g/mol. The zero-order valence-corrected chi connectivity index (χ0v) is 18.7. The summed E-state index contributed by atoms with van der Waals surface area (Å²) in [5, 5.41) is 5.87. The average Bonchev–Trinajstić information content (AvgIpc) is 2.72. The highest BCUT2D eigenvalue weighted by molar-refractivity contribution is 5.98. The molecule has 0 radical (unpaired) electrons. The Hall–Kier alpha value is -2.77. The van der Waals surface area contributed by atoms with Crippen LogP contribution < -0.4 is 10.6 Å². The number of aromatic nitrogens is 1. The number of rotatable bonds is 7. The van der Waals surface area contributed by atoms with Gasteiger partial charge < -0.3 is 15.4 Å². The third-order valence-electron chi connectivity index (χ3n) is 5.29. The fraction of sp³-hybridized carbons (Fsp3) is 0.458. The van der Waals surface area contributed by atoms with Crippen molar-refractivity contribution in [2.75, 3.05) is 18.4 Å². The monoisotopic (exact) mass is 424 g/mol. The number of pyridine rings is 1. The van der Waals surface area contributed by atoms with E-state index in [-0.39, 0.29) is 36.0 Å². The van der Waals surface area contributed by atoms with Crippen LogP contribution in [0.25, 0.3) is 0 Å². The van der Waals surface area contributed by atoms with Gasteiger partial charge in [0.25, 0.3) is 5.91 Å². The Morgan fingerprint density at radius 3 is 2.52 bits per heavy atom. The molecule has 2 amide bonds. The summed E-state index contributed by atoms with van der Waals surface area (Å²) in [6.45, 7) is 9.95. The van der Waals surface area contributed by atoms with Crippen LogP contribution in [0.15, 0.2) is 48.7 Å². The van der Waals surface area contributed by atoms with E-state index in [0.717, 1.165) is 18.8 Å². The van der Waals surface area contributed by atoms with Crippen molar-refractivity contribution in [2.45, 2.75) is 52.5 Å². The Labute approximate surface area is 184 Å². The minimum absolute atomic E-state index is 0.0673. The lowest BCUT2D eigenvalue weighted by Crippen LogP contribution is -2.55. The smallest absolute Gasteiger partial charge is 0.251 e. The lowest BCUT2D eigenvalue weighted by Gasteiger charge is -2.41. The number of hydrogen-bond acceptors (Lipinski definition) is 5. The number of amides is 2. The molecule has 0 bridgehead atoms. The van der Waals surface area contributed by atoms with Gasteiger partial charge in [-0.15, -0.1) is 0 Å². The minimum atomic E-state index is -0.268. The van der Waals surface area contributed by atoms with Crippen LogP contribution in [0, 0.1) is 5.92 Å². The molecule has 166 valence electrons. The second-order valence-electron chi connectivity index (χ2n) is 8.47. The number of benzene rings is 1. The Kier molecular flexibility index (Phi) is 7.76. The molecule has 7 nitrogen and oxygen atoms in total. The van der Waals surface area contributed by atoms with Crippen LogP contribution in [0.1, 0.15) is 43.7 Å². The van der Waals surface area contributed by atoms with E-state index >= 15 is 0 Å². The third kappa shape index (κ3) is 6.35. The molecular formula is C24H32N4O3. The largest absolute Gasteiger partial charge is 0.373 e. The van der Waals surface area contributed by atoms with E-state index in [1.165, 1.54) is 0 Å². The Bertz CT molecular complexity index is 877. The summed E-state index contributed by atoms with van der Waals surface area (Å²) in [6.07, 6.45) is 1.87. The Morgan fingerprint density at radius 1 is 1.13 bits per heavy atom. The molecule has 0 aliphatic carbocycles. The SMILES string of the molecule is CC1CN(C(C(=O)Nc2cccc(C(=O)NCc3ccccn3)c2)C(C)C)CC(C)O1. The predicted molar refractivity (Wildman–Crippen MR) is 121 cm³/mol. The number of anilines is 1. The van der Waals surface area contributed by atoms with Crippen LogP contribution >= 0.6 is 0 Å². The summed E-state index contributed by atoms with van der Waals surface area (Å²) < 4.78 is 5.82. The Balaban J connectivity index is 1.65. The molecule has 3 rings (SSSR count). The molecule has 7 heteroatoms. The standard InChI is InChI=1S/C24H32N4O3/c1-16(2)22(28-14-17(3)31-18(4)15-28)24(30)27-20-10-7-8-19(12-20)23(29)26-13-21-9-5-6-11-25-21/h5-12,16-18,22H,13-15H2,1-4H3,(H,26,29)(H,27,30). The quantitative estimate of drug-likeness (QED) is 0.714. The molecule has 2 N–H and O–H groups in total. The van der Waals surface area contributed by atoms with Crippen LogP contribution in [0.2, 0.25) is 0 Å². The predicted octanol–water partition coefficient (Wildman–Crippen LogP) is 3.08. The van der Waals surface area contributed by atoms with Crippen LogP contribution in [-0.2, 0) is 16.1 Å². The van der Waals surface area contributed by atoms with Crippen molar-refractivity contribution >= 4 is 17.5 Å². The first kappa shape index (κ1) is 22.9.